The molecule has 13 amide bonds. The van der Waals surface area contributed by atoms with Crippen molar-refractivity contribution < 1.29 is 82.4 Å². The highest BCUT2D eigenvalue weighted by Gasteiger charge is 2.42. The maximum Gasteiger partial charge on any atom is 0.305 e. The van der Waals surface area contributed by atoms with Gasteiger partial charge in [-0.2, -0.15) is 0 Å². The highest BCUT2D eigenvalue weighted by molar-refractivity contribution is 8.77. The number of guanidine groups is 4. The molecule has 0 radical (unpaired) electrons. The summed E-state index contributed by atoms with van der Waals surface area (Å²) in [5.74, 6) is -19.1. The molecule has 34 N–H and O–H groups in total. The van der Waals surface area contributed by atoms with E-state index in [0.717, 1.165) is 48.1 Å². The van der Waals surface area contributed by atoms with E-state index in [1.165, 1.54) is 24.3 Å². The largest absolute Gasteiger partial charge is 0.508 e. The van der Waals surface area contributed by atoms with E-state index in [0.29, 0.717) is 5.56 Å². The van der Waals surface area contributed by atoms with Crippen LogP contribution in [0.25, 0.3) is 0 Å². The zero-order chi connectivity index (χ0) is 78.6. The fraction of sp³-hybridized carbons (Fsp3) is 0.593. The van der Waals surface area contributed by atoms with Gasteiger partial charge in [0.05, 0.1) is 19.6 Å². The number of nitrogens with two attached hydrogens (primary N) is 10. The van der Waals surface area contributed by atoms with E-state index >= 15 is 14.4 Å². The number of hydrogen-bond acceptors (Lipinski definition) is 25. The molecular formula is C59H96N26O17S4. The number of carboxylic acid groups (broad SMARTS) is 1. The number of aliphatic carboxylic acids is 1. The number of amides is 13. The van der Waals surface area contributed by atoms with E-state index in [9.17, 15) is 68.1 Å². The Hall–Kier alpha value is -10.00. The first-order valence-corrected chi connectivity index (χ1v) is 38.2. The summed E-state index contributed by atoms with van der Waals surface area (Å²) in [5.41, 5.74) is 56.4. The summed E-state index contributed by atoms with van der Waals surface area (Å²) < 4.78 is 0. The number of carbonyl (C=O) groups excluding carboxylic acids is 13. The SMILES string of the molecule is NCC(=O)N[C@H]1CSSC[C@@H]2NC(=O)[C@H](CCCN=C(N)N)NC(=O)[C@@H]3CCCN3C(=O)[C@H](CC(=O)O)NC(=O)[C@H](CO)NC(=O)[C@H](CSSC[C@@H](C(=O)N[C@@H](CCCN=C(N)N)C(N)=O)NC(=O)[C@H](CCCN=C(N)N)NC(=O)[C@H](Cc3ccc(O)cc3)NC(=O)[C@H](CCCN=C(N)N)NC2=O)NC1=O. The van der Waals surface area contributed by atoms with Gasteiger partial charge in [0.15, 0.2) is 23.8 Å². The van der Waals surface area contributed by atoms with Gasteiger partial charge >= 0.3 is 5.97 Å². The number of phenols is 1. The number of phenolic OH excluding ortho intramolecular Hbond substituents is 1. The van der Waals surface area contributed by atoms with Crippen molar-refractivity contribution in [2.45, 2.75) is 150 Å². The molecule has 3 aliphatic rings. The van der Waals surface area contributed by atoms with Gasteiger partial charge in [-0.05, 0) is 81.9 Å². The molecule has 2 bridgehead atoms. The molecule has 3 heterocycles. The Morgan fingerprint density at radius 3 is 1.47 bits per heavy atom. The van der Waals surface area contributed by atoms with E-state index in [1.54, 1.807) is 0 Å². The summed E-state index contributed by atoms with van der Waals surface area (Å²) in [5, 5.41) is 58.6. The monoisotopic (exact) mass is 1570 g/mol. The molecule has 43 nitrogen and oxygen atoms in total. The Morgan fingerprint density at radius 1 is 0.528 bits per heavy atom. The third-order valence-electron chi connectivity index (χ3n) is 15.8. The van der Waals surface area contributed by atoms with Crippen LogP contribution in [-0.4, -0.2) is 268 Å². The Kier molecular flexibility index (Phi) is 38.4. The standard InChI is InChI=1S/C59H96N26O17S4/c60-22-42(88)74-37-24-103-104-26-39-52(99)77-31(7-2-16-71-57(64)65)45(92)79-34(20-28-11-13-29(87)14-12-28)48(95)76-32(8-3-17-72-58(66)67)46(93)82-38(51(98)75-30(44(61)91)6-1-15-70-56(62)63)25-105-106-27-40(84-50(37)97)53(100)81-36(23-86)49(96)80-35(21-43(89)90)55(102)85-19-5-10-41(85)54(101)78-33(47(94)83-39)9-4-18-73-59(68)69/h11-14,30-41,86-87H,1-10,15-27,60H2,(H2,61,91)(H,74,88)(H,75,98)(H,76,95)(H,77,99)(H,78,101)(H,79,92)(H,80,96)(H,81,100)(H,82,93)(H,83,94)(H,84,97)(H,89,90)(H4,62,63,70)(H4,64,65,71)(H4,66,67,72)(H4,68,69,73)/t30-,31-,32-,33-,34-,35-,36-,37-,38-,39-,40-,41-/m0/s1. The number of nitrogens with one attached hydrogen (secondary N) is 11. The third kappa shape index (κ3) is 31.8. The summed E-state index contributed by atoms with van der Waals surface area (Å²) in [6, 6.07) is -14.9. The number of carboxylic acids is 1. The van der Waals surface area contributed by atoms with Crippen LogP contribution in [0.15, 0.2) is 44.2 Å². The van der Waals surface area contributed by atoms with Crippen LogP contribution in [0.3, 0.4) is 0 Å². The summed E-state index contributed by atoms with van der Waals surface area (Å²) in [6.07, 6.45) is -2.43. The number of aliphatic imine (C=N–C) groups is 4. The predicted molar refractivity (Wildman–Crippen MR) is 395 cm³/mol. The number of rotatable bonds is 26. The van der Waals surface area contributed by atoms with Crippen LogP contribution < -0.4 is 116 Å². The number of hydrogen-bond donors (Lipinski definition) is 24. The van der Waals surface area contributed by atoms with Crippen LogP contribution in [0.5, 0.6) is 5.75 Å². The summed E-state index contributed by atoms with van der Waals surface area (Å²) >= 11 is 0. The quantitative estimate of drug-likeness (QED) is 0.0177. The van der Waals surface area contributed by atoms with Crippen molar-refractivity contribution in [2.24, 2.45) is 77.3 Å². The van der Waals surface area contributed by atoms with Crippen LogP contribution in [-0.2, 0) is 73.5 Å². The molecule has 0 unspecified atom stereocenters. The fourth-order valence-corrected chi connectivity index (χ4v) is 15.1. The molecule has 1 aromatic carbocycles. The normalized spacial score (nSPS) is 24.1. The minimum Gasteiger partial charge on any atom is -0.508 e. The molecule has 4 rings (SSSR count). The molecule has 12 atom stereocenters. The predicted octanol–water partition coefficient (Wildman–Crippen LogP) is -10.8. The van der Waals surface area contributed by atoms with Gasteiger partial charge in [0.1, 0.15) is 78.3 Å². The third-order valence-corrected chi connectivity index (χ3v) is 20.7. The average molecular weight is 1570 g/mol. The van der Waals surface area contributed by atoms with E-state index in [1.807, 2.05) is 0 Å². The summed E-state index contributed by atoms with van der Waals surface area (Å²) in [4.78, 5) is 217. The number of primary amides is 1. The van der Waals surface area contributed by atoms with Gasteiger partial charge < -0.3 is 136 Å². The van der Waals surface area contributed by atoms with Gasteiger partial charge in [-0.15, -0.1) is 0 Å². The molecule has 106 heavy (non-hydrogen) atoms. The van der Waals surface area contributed by atoms with Gasteiger partial charge in [0.25, 0.3) is 0 Å². The van der Waals surface area contributed by atoms with Gasteiger partial charge in [-0.1, -0.05) is 55.3 Å². The van der Waals surface area contributed by atoms with Crippen LogP contribution >= 0.6 is 43.2 Å². The minimum absolute atomic E-state index is 0.0113. The molecule has 0 saturated carbocycles. The number of aromatic hydroxyl groups is 1. The first-order valence-electron chi connectivity index (χ1n) is 33.2. The van der Waals surface area contributed by atoms with E-state index < -0.39 is 198 Å². The molecular weight excluding hydrogens is 1470 g/mol. The van der Waals surface area contributed by atoms with Gasteiger partial charge in [0, 0.05) is 62.2 Å². The van der Waals surface area contributed by atoms with Crippen LogP contribution in [0, 0.1) is 0 Å². The number of aliphatic hydroxyl groups is 1. The number of nitrogens with zero attached hydrogens (tertiary/aromatic N) is 5. The average Bonchev–Trinajstić information content (AvgIpc) is 1.65. The summed E-state index contributed by atoms with van der Waals surface area (Å²) in [7, 11) is 3.17. The molecule has 0 spiro atoms. The second-order valence-electron chi connectivity index (χ2n) is 24.1. The molecule has 1 aromatic rings. The molecule has 0 aromatic heterocycles. The smallest absolute Gasteiger partial charge is 0.305 e. The maximum atomic E-state index is 15.2. The Bertz CT molecular complexity index is 3360. The highest BCUT2D eigenvalue weighted by atomic mass is 33.1. The van der Waals surface area contributed by atoms with Crippen molar-refractivity contribution in [1.29, 1.82) is 0 Å². The first kappa shape index (κ1) is 88.4. The van der Waals surface area contributed by atoms with Crippen LogP contribution in [0.4, 0.5) is 0 Å². The summed E-state index contributed by atoms with van der Waals surface area (Å²) in [6.45, 7) is -2.47. The van der Waals surface area contributed by atoms with Crippen molar-refractivity contribution in [3.8, 4) is 5.75 Å². The lowest BCUT2D eigenvalue weighted by Crippen LogP contribution is -2.61. The molecule has 0 aliphatic carbocycles. The lowest BCUT2D eigenvalue weighted by atomic mass is 10.0. The number of aliphatic hydroxyl groups excluding tert-OH is 1. The van der Waals surface area contributed by atoms with E-state index in [-0.39, 0.29) is 133 Å². The van der Waals surface area contributed by atoms with Crippen molar-refractivity contribution in [3.05, 3.63) is 29.8 Å². The minimum atomic E-state index is -2.02. The second kappa shape index (κ2) is 46.1. The van der Waals surface area contributed by atoms with Crippen molar-refractivity contribution in [1.82, 2.24) is 63.4 Å². The highest BCUT2D eigenvalue weighted by Crippen LogP contribution is 2.27. The number of benzene rings is 1. The Labute approximate surface area is 623 Å². The Balaban J connectivity index is 2.07. The first-order chi connectivity index (χ1) is 50.3. The molecule has 3 saturated heterocycles. The van der Waals surface area contributed by atoms with Gasteiger partial charge in [-0.3, -0.25) is 87.1 Å². The topological polar surface area (TPSA) is 745 Å². The zero-order valence-electron chi connectivity index (χ0n) is 57.7. The molecule has 3 fully saturated rings. The van der Waals surface area contributed by atoms with Crippen LogP contribution in [0.2, 0.25) is 0 Å². The van der Waals surface area contributed by atoms with Gasteiger partial charge in [0.2, 0.25) is 76.8 Å². The van der Waals surface area contributed by atoms with Crippen LogP contribution in [0.1, 0.15) is 76.2 Å². The molecule has 588 valence electrons. The van der Waals surface area contributed by atoms with E-state index in [2.05, 4.69) is 78.5 Å². The lowest BCUT2D eigenvalue weighted by Gasteiger charge is -2.30. The molecule has 47 heteroatoms. The molecule has 3 aliphatic heterocycles. The van der Waals surface area contributed by atoms with E-state index in [4.69, 9.17) is 57.3 Å². The van der Waals surface area contributed by atoms with Crippen molar-refractivity contribution >= 4 is 150 Å². The van der Waals surface area contributed by atoms with Gasteiger partial charge in [-0.25, -0.2) is 0 Å². The maximum absolute atomic E-state index is 15.2. The van der Waals surface area contributed by atoms with Crippen molar-refractivity contribution in [3.63, 3.8) is 0 Å². The number of carbonyl (C=O) groups is 14. The van der Waals surface area contributed by atoms with Crippen molar-refractivity contribution in [2.75, 3.05) is 68.9 Å². The zero-order valence-corrected chi connectivity index (χ0v) is 61.0. The lowest BCUT2D eigenvalue weighted by molar-refractivity contribution is -0.146. The number of fused-ring (bicyclic) bond motifs is 9. The second-order valence-corrected chi connectivity index (χ2v) is 29.2. The fourth-order valence-electron chi connectivity index (χ4n) is 10.4. The Morgan fingerprint density at radius 2 is 0.962 bits per heavy atom.